The van der Waals surface area contributed by atoms with Crippen LogP contribution in [0, 0.1) is 0 Å². The maximum atomic E-state index is 12.7. The summed E-state index contributed by atoms with van der Waals surface area (Å²) in [5.41, 5.74) is 5.38. The Bertz CT molecular complexity index is 1310. The summed E-state index contributed by atoms with van der Waals surface area (Å²) in [6.07, 6.45) is 68.5. The molecule has 0 saturated heterocycles. The number of phosphoric ester groups is 1. The van der Waals surface area contributed by atoms with Gasteiger partial charge < -0.3 is 20.1 Å². The average Bonchev–Trinajstić information content (AvgIpc) is 3.34. The molecule has 0 radical (unpaired) electrons. The molecule has 0 fully saturated rings. The lowest BCUT2D eigenvalue weighted by Crippen LogP contribution is -2.29. The Morgan fingerprint density at radius 1 is 0.449 bits per heavy atom. The van der Waals surface area contributed by atoms with E-state index in [-0.39, 0.29) is 38.6 Å². The van der Waals surface area contributed by atoms with Crippen molar-refractivity contribution in [3.63, 3.8) is 0 Å². The summed E-state index contributed by atoms with van der Waals surface area (Å²) in [7, 11) is -4.38. The summed E-state index contributed by atoms with van der Waals surface area (Å²) in [5, 5.41) is 0. The molecule has 0 aromatic rings. The van der Waals surface area contributed by atoms with E-state index in [1.807, 2.05) is 0 Å². The molecular weight excluding hydrogens is 882 g/mol. The van der Waals surface area contributed by atoms with Crippen LogP contribution in [0.25, 0.3) is 0 Å². The summed E-state index contributed by atoms with van der Waals surface area (Å²) in [6, 6.07) is 0. The van der Waals surface area contributed by atoms with Crippen LogP contribution in [-0.2, 0) is 32.7 Å². The molecule has 0 spiro atoms. The van der Waals surface area contributed by atoms with E-state index in [4.69, 9.17) is 24.3 Å². The Morgan fingerprint density at radius 2 is 0.797 bits per heavy atom. The van der Waals surface area contributed by atoms with Crippen molar-refractivity contribution in [1.29, 1.82) is 0 Å². The van der Waals surface area contributed by atoms with Crippen LogP contribution in [0.4, 0.5) is 0 Å². The van der Waals surface area contributed by atoms with Crippen LogP contribution in [0.3, 0.4) is 0 Å². The van der Waals surface area contributed by atoms with E-state index in [1.54, 1.807) is 0 Å². The summed E-state index contributed by atoms with van der Waals surface area (Å²) in [4.78, 5) is 35.1. The normalized spacial score (nSPS) is 13.5. The van der Waals surface area contributed by atoms with Gasteiger partial charge in [-0.15, -0.1) is 0 Å². The minimum Gasteiger partial charge on any atom is -0.462 e. The minimum absolute atomic E-state index is 0.0544. The van der Waals surface area contributed by atoms with Gasteiger partial charge in [0.15, 0.2) is 6.10 Å². The molecule has 0 heterocycles. The average molecular weight is 990 g/mol. The number of ether oxygens (including phenoxy) is 2. The monoisotopic (exact) mass is 990 g/mol. The fourth-order valence-corrected chi connectivity index (χ4v) is 8.96. The SMILES string of the molecule is CC/C=C\C/C=C\C/C=C\C/C=C\C/C=C\CCCCCCCCCCCCCCCCCCCC(=O)OC(COC(=O)CCCCCCCCCCCCCCCCC)COP(=O)(O)OCCN. The van der Waals surface area contributed by atoms with Crippen LogP contribution in [0.5, 0.6) is 0 Å². The van der Waals surface area contributed by atoms with Gasteiger partial charge in [0.1, 0.15) is 6.61 Å². The molecular formula is C59H108NO8P. The number of allylic oxidation sites excluding steroid dienone is 10. The molecule has 2 unspecified atom stereocenters. The molecule has 3 N–H and O–H groups in total. The molecule has 0 aliphatic rings. The first-order valence-electron chi connectivity index (χ1n) is 28.8. The number of rotatable bonds is 54. The number of nitrogens with two attached hydrogens (primary N) is 1. The molecule has 9 nitrogen and oxygen atoms in total. The van der Waals surface area contributed by atoms with Crippen LogP contribution in [0.1, 0.15) is 271 Å². The minimum atomic E-state index is -4.38. The molecule has 69 heavy (non-hydrogen) atoms. The summed E-state index contributed by atoms with van der Waals surface area (Å²) >= 11 is 0. The van der Waals surface area contributed by atoms with Crippen molar-refractivity contribution in [2.75, 3.05) is 26.4 Å². The van der Waals surface area contributed by atoms with Crippen LogP contribution in [-0.4, -0.2) is 49.3 Å². The molecule has 0 aliphatic heterocycles. The van der Waals surface area contributed by atoms with Gasteiger partial charge in [0.05, 0.1) is 13.2 Å². The lowest BCUT2D eigenvalue weighted by atomic mass is 10.0. The first-order chi connectivity index (χ1) is 33.8. The van der Waals surface area contributed by atoms with Crippen molar-refractivity contribution >= 4 is 19.8 Å². The zero-order chi connectivity index (χ0) is 50.2. The Labute approximate surface area is 425 Å². The van der Waals surface area contributed by atoms with E-state index in [2.05, 4.69) is 74.6 Å². The number of unbranched alkanes of at least 4 members (excludes halogenated alkanes) is 31. The second-order valence-corrected chi connectivity index (χ2v) is 20.6. The van der Waals surface area contributed by atoms with Crippen molar-refractivity contribution in [3.05, 3.63) is 60.8 Å². The van der Waals surface area contributed by atoms with Gasteiger partial charge in [-0.05, 0) is 57.8 Å². The van der Waals surface area contributed by atoms with Crippen LogP contribution in [0.15, 0.2) is 60.8 Å². The number of carbonyl (C=O) groups is 2. The lowest BCUT2D eigenvalue weighted by Gasteiger charge is -2.19. The Morgan fingerprint density at radius 3 is 1.19 bits per heavy atom. The Kier molecular flexibility index (Phi) is 53.2. The predicted octanol–water partition coefficient (Wildman–Crippen LogP) is 18.0. The molecule has 0 aromatic carbocycles. The van der Waals surface area contributed by atoms with Gasteiger partial charge in [-0.1, -0.05) is 261 Å². The summed E-state index contributed by atoms with van der Waals surface area (Å²) < 4.78 is 33.0. The van der Waals surface area contributed by atoms with E-state index in [0.29, 0.717) is 6.42 Å². The van der Waals surface area contributed by atoms with Crippen molar-refractivity contribution in [1.82, 2.24) is 0 Å². The number of hydrogen-bond acceptors (Lipinski definition) is 8. The van der Waals surface area contributed by atoms with Crippen molar-refractivity contribution < 1.29 is 37.6 Å². The molecule has 0 bridgehead atoms. The number of esters is 2. The van der Waals surface area contributed by atoms with Crippen LogP contribution < -0.4 is 5.73 Å². The predicted molar refractivity (Wildman–Crippen MR) is 293 cm³/mol. The highest BCUT2D eigenvalue weighted by Gasteiger charge is 2.26. The topological polar surface area (TPSA) is 134 Å². The fourth-order valence-electron chi connectivity index (χ4n) is 8.19. The molecule has 10 heteroatoms. The molecule has 0 aliphatic carbocycles. The summed E-state index contributed by atoms with van der Waals surface area (Å²) in [6.45, 7) is 3.66. The highest BCUT2D eigenvalue weighted by Crippen LogP contribution is 2.43. The van der Waals surface area contributed by atoms with E-state index >= 15 is 0 Å². The van der Waals surface area contributed by atoms with E-state index in [1.165, 1.54) is 167 Å². The summed E-state index contributed by atoms with van der Waals surface area (Å²) in [5.74, 6) is -0.816. The third kappa shape index (κ3) is 54.9. The van der Waals surface area contributed by atoms with E-state index < -0.39 is 26.5 Å². The molecule has 0 aromatic heterocycles. The largest absolute Gasteiger partial charge is 0.472 e. The molecule has 402 valence electrons. The van der Waals surface area contributed by atoms with Gasteiger partial charge in [0.25, 0.3) is 0 Å². The second kappa shape index (κ2) is 55.0. The second-order valence-electron chi connectivity index (χ2n) is 19.1. The number of carbonyl (C=O) groups excluding carboxylic acids is 2. The van der Waals surface area contributed by atoms with Gasteiger partial charge >= 0.3 is 19.8 Å². The lowest BCUT2D eigenvalue weighted by molar-refractivity contribution is -0.161. The van der Waals surface area contributed by atoms with E-state index in [0.717, 1.165) is 70.6 Å². The van der Waals surface area contributed by atoms with Gasteiger partial charge in [-0.2, -0.15) is 0 Å². The van der Waals surface area contributed by atoms with E-state index in [9.17, 15) is 19.0 Å². The van der Waals surface area contributed by atoms with Crippen LogP contribution in [0.2, 0.25) is 0 Å². The van der Waals surface area contributed by atoms with Crippen molar-refractivity contribution in [3.8, 4) is 0 Å². The van der Waals surface area contributed by atoms with Crippen molar-refractivity contribution in [2.45, 2.75) is 277 Å². The first kappa shape index (κ1) is 66.7. The zero-order valence-electron chi connectivity index (χ0n) is 44.8. The highest BCUT2D eigenvalue weighted by atomic mass is 31.2. The standard InChI is InChI=1S/C59H108NO8P/c1-3-5-7-9-11-13-15-17-19-20-21-22-23-24-25-26-27-28-29-30-31-32-33-34-35-36-38-40-42-44-46-48-50-52-59(62)68-57(56-67-69(63,64)66-54-53-60)55-65-58(61)51-49-47-45-43-41-39-37-18-16-14-12-10-8-6-4-2/h5,7,11,13,17,19,21-22,24-25,57H,3-4,6,8-10,12,14-16,18,20,23,26-56,60H2,1-2H3,(H,63,64)/b7-5-,13-11-,19-17-,22-21-,25-24-. The highest BCUT2D eigenvalue weighted by molar-refractivity contribution is 7.47. The van der Waals surface area contributed by atoms with Gasteiger partial charge in [0, 0.05) is 19.4 Å². The third-order valence-corrected chi connectivity index (χ3v) is 13.4. The Balaban J connectivity index is 3.88. The maximum Gasteiger partial charge on any atom is 0.472 e. The Hall–Kier alpha value is -2.29. The van der Waals surface area contributed by atoms with Gasteiger partial charge in [-0.3, -0.25) is 18.6 Å². The molecule has 2 atom stereocenters. The maximum absolute atomic E-state index is 12.7. The van der Waals surface area contributed by atoms with Crippen molar-refractivity contribution in [2.24, 2.45) is 5.73 Å². The first-order valence-corrected chi connectivity index (χ1v) is 30.3. The number of hydrogen-bond donors (Lipinski definition) is 2. The number of phosphoric acid groups is 1. The fraction of sp³-hybridized carbons (Fsp3) is 0.797. The zero-order valence-corrected chi connectivity index (χ0v) is 45.7. The molecule has 0 rings (SSSR count). The van der Waals surface area contributed by atoms with Gasteiger partial charge in [0.2, 0.25) is 0 Å². The van der Waals surface area contributed by atoms with Gasteiger partial charge in [-0.25, -0.2) is 4.57 Å². The third-order valence-electron chi connectivity index (χ3n) is 12.4. The quantitative estimate of drug-likeness (QED) is 0.0264. The smallest absolute Gasteiger partial charge is 0.462 e. The molecule has 0 saturated carbocycles. The molecule has 0 amide bonds. The van der Waals surface area contributed by atoms with Crippen LogP contribution >= 0.6 is 7.82 Å².